The predicted octanol–water partition coefficient (Wildman–Crippen LogP) is 3.34. The van der Waals surface area contributed by atoms with Crippen molar-refractivity contribution < 1.29 is 15.3 Å². The molecule has 0 spiro atoms. The topological polar surface area (TPSA) is 60.7 Å². The van der Waals surface area contributed by atoms with Gasteiger partial charge in [0.05, 0.1) is 11.8 Å². The number of benzene rings is 1. The highest BCUT2D eigenvalue weighted by Gasteiger charge is 2.34. The smallest absolute Gasteiger partial charge is 0.158 e. The molecule has 1 aromatic rings. The summed E-state index contributed by atoms with van der Waals surface area (Å²) in [6, 6.07) is 3.27. The van der Waals surface area contributed by atoms with E-state index >= 15 is 0 Å². The molecule has 2 unspecified atom stereocenters. The van der Waals surface area contributed by atoms with Crippen molar-refractivity contribution >= 4 is 68.4 Å². The summed E-state index contributed by atoms with van der Waals surface area (Å²) in [5, 5.41) is 30.5. The van der Waals surface area contributed by atoms with Crippen molar-refractivity contribution in [2.45, 2.75) is 14.1 Å². The Morgan fingerprint density at radius 2 is 1.39 bits per heavy atom. The maximum absolute atomic E-state index is 10.2. The third-order valence-electron chi connectivity index (χ3n) is 2.43. The number of phenolic OH excluding ortho intramolecular Hbond substituents is 1. The number of alkyl halides is 4. The van der Waals surface area contributed by atoms with E-state index < -0.39 is 7.22 Å². The van der Waals surface area contributed by atoms with Crippen LogP contribution in [0.1, 0.15) is 16.7 Å². The van der Waals surface area contributed by atoms with E-state index in [9.17, 15) is 15.3 Å². The Hall–Kier alpha value is 0.980. The minimum Gasteiger partial charge on any atom is -0.507 e. The molecule has 2 atom stereocenters. The van der Waals surface area contributed by atoms with Crippen molar-refractivity contribution in [2.24, 2.45) is 0 Å². The molecule has 3 nitrogen and oxygen atoms in total. The third-order valence-corrected chi connectivity index (χ3v) is 6.03. The van der Waals surface area contributed by atoms with E-state index in [1.807, 2.05) is 0 Å². The number of aromatic hydroxyl groups is 1. The SMILES string of the molecule is Cc1cc(C(O)(I)CCl)c(O)c(C(O)(I)CCl)c1. The molecule has 1 rings (SSSR count). The van der Waals surface area contributed by atoms with Crippen molar-refractivity contribution in [1.82, 2.24) is 0 Å². The molecule has 0 amide bonds. The summed E-state index contributed by atoms with van der Waals surface area (Å²) in [5.74, 6) is -0.342. The first-order valence-electron chi connectivity index (χ1n) is 4.95. The molecule has 0 aliphatic carbocycles. The van der Waals surface area contributed by atoms with Crippen molar-refractivity contribution in [3.63, 3.8) is 0 Å². The zero-order valence-corrected chi connectivity index (χ0v) is 15.2. The van der Waals surface area contributed by atoms with Gasteiger partial charge in [-0.2, -0.15) is 0 Å². The lowest BCUT2D eigenvalue weighted by Crippen LogP contribution is -2.24. The second kappa shape index (κ2) is 6.17. The Morgan fingerprint density at radius 1 is 1.06 bits per heavy atom. The van der Waals surface area contributed by atoms with Crippen LogP contribution in [0.5, 0.6) is 5.75 Å². The van der Waals surface area contributed by atoms with E-state index in [-0.39, 0.29) is 28.6 Å². The first kappa shape index (κ1) is 17.0. The van der Waals surface area contributed by atoms with E-state index in [0.29, 0.717) is 0 Å². The van der Waals surface area contributed by atoms with Crippen molar-refractivity contribution in [3.05, 3.63) is 28.8 Å². The van der Waals surface area contributed by atoms with E-state index in [1.54, 1.807) is 64.2 Å². The van der Waals surface area contributed by atoms with E-state index in [4.69, 9.17) is 23.2 Å². The Labute approximate surface area is 143 Å². The number of rotatable bonds is 4. The molecule has 0 fully saturated rings. The molecule has 0 radical (unpaired) electrons. The van der Waals surface area contributed by atoms with Gasteiger partial charge in [-0.3, -0.25) is 0 Å². The van der Waals surface area contributed by atoms with Gasteiger partial charge in [0.25, 0.3) is 0 Å². The van der Waals surface area contributed by atoms with Crippen LogP contribution in [-0.4, -0.2) is 27.1 Å². The molecule has 0 bridgehead atoms. The number of hydrogen-bond donors (Lipinski definition) is 3. The monoisotopic (exact) mass is 516 g/mol. The lowest BCUT2D eigenvalue weighted by molar-refractivity contribution is 0.167. The van der Waals surface area contributed by atoms with Gasteiger partial charge in [-0.1, -0.05) is 5.56 Å². The summed E-state index contributed by atoms with van der Waals surface area (Å²) in [4.78, 5) is 0. The second-order valence-corrected chi connectivity index (χ2v) is 8.10. The summed E-state index contributed by atoms with van der Waals surface area (Å²) < 4.78 is -2.80. The number of phenols is 1. The normalized spacial score (nSPS) is 18.2. The standard InChI is InChI=1S/C11H12Cl2I2O3/c1-6-2-7(10(14,17)4-12)9(16)8(3-6)11(15,18)5-13/h2-3,16-18H,4-5H2,1H3. The summed E-state index contributed by atoms with van der Waals surface area (Å²) in [6.07, 6.45) is 0. The highest BCUT2D eigenvalue weighted by molar-refractivity contribution is 14.1. The van der Waals surface area contributed by atoms with Gasteiger partial charge in [-0.25, -0.2) is 0 Å². The first-order chi connectivity index (χ1) is 8.15. The highest BCUT2D eigenvalue weighted by Crippen LogP contribution is 2.44. The van der Waals surface area contributed by atoms with Gasteiger partial charge in [0.2, 0.25) is 0 Å². The van der Waals surface area contributed by atoms with Gasteiger partial charge in [-0.05, 0) is 64.2 Å². The zero-order chi connectivity index (χ0) is 14.1. The molecule has 0 saturated heterocycles. The first-order valence-corrected chi connectivity index (χ1v) is 8.17. The van der Waals surface area contributed by atoms with Gasteiger partial charge >= 0.3 is 0 Å². The molecule has 18 heavy (non-hydrogen) atoms. The summed E-state index contributed by atoms with van der Waals surface area (Å²) in [6.45, 7) is 1.80. The van der Waals surface area contributed by atoms with Gasteiger partial charge < -0.3 is 15.3 Å². The molecular weight excluding hydrogens is 505 g/mol. The van der Waals surface area contributed by atoms with E-state index in [2.05, 4.69) is 0 Å². The summed E-state index contributed by atoms with van der Waals surface area (Å²) in [5.41, 5.74) is 1.33. The Bertz CT molecular complexity index is 413. The van der Waals surface area contributed by atoms with Crippen LogP contribution in [0, 0.1) is 6.92 Å². The van der Waals surface area contributed by atoms with Crippen LogP contribution >= 0.6 is 68.4 Å². The quantitative estimate of drug-likeness (QED) is 0.425. The maximum Gasteiger partial charge on any atom is 0.158 e. The minimum absolute atomic E-state index is 0.0788. The minimum atomic E-state index is -1.40. The number of halogens is 4. The van der Waals surface area contributed by atoms with Crippen molar-refractivity contribution in [2.75, 3.05) is 11.8 Å². The second-order valence-electron chi connectivity index (χ2n) is 3.99. The molecule has 0 aliphatic rings. The lowest BCUT2D eigenvalue weighted by Gasteiger charge is -2.26. The fourth-order valence-electron chi connectivity index (χ4n) is 1.51. The Balaban J connectivity index is 3.50. The lowest BCUT2D eigenvalue weighted by atomic mass is 9.98. The molecule has 0 heterocycles. The van der Waals surface area contributed by atoms with Crippen molar-refractivity contribution in [3.8, 4) is 5.75 Å². The highest BCUT2D eigenvalue weighted by atomic mass is 127. The average molecular weight is 517 g/mol. The number of aryl methyl sites for hydroxylation is 1. The number of hydrogen-bond acceptors (Lipinski definition) is 3. The van der Waals surface area contributed by atoms with Crippen molar-refractivity contribution in [1.29, 1.82) is 0 Å². The summed E-state index contributed by atoms with van der Waals surface area (Å²) >= 11 is 14.9. The van der Waals surface area contributed by atoms with E-state index in [1.165, 1.54) is 0 Å². The summed E-state index contributed by atoms with van der Waals surface area (Å²) in [7, 11) is 0. The van der Waals surface area contributed by atoms with E-state index in [0.717, 1.165) is 5.56 Å². The molecular formula is C11H12Cl2I2O3. The Kier molecular flexibility index (Phi) is 5.84. The van der Waals surface area contributed by atoms with Gasteiger partial charge in [0.1, 0.15) is 5.75 Å². The molecule has 0 aliphatic heterocycles. The van der Waals surface area contributed by atoms with Crippen LogP contribution < -0.4 is 0 Å². The van der Waals surface area contributed by atoms with Crippen LogP contribution in [0.2, 0.25) is 0 Å². The average Bonchev–Trinajstić information content (AvgIpc) is 2.31. The third kappa shape index (κ3) is 3.54. The Morgan fingerprint density at radius 3 is 1.67 bits per heavy atom. The fraction of sp³-hybridized carbons (Fsp3) is 0.455. The fourth-order valence-corrected chi connectivity index (χ4v) is 2.62. The van der Waals surface area contributed by atoms with Crippen LogP contribution in [-0.2, 0) is 7.22 Å². The van der Waals surface area contributed by atoms with Crippen LogP contribution in [0.4, 0.5) is 0 Å². The van der Waals surface area contributed by atoms with Gasteiger partial charge in [0, 0.05) is 11.1 Å². The molecule has 7 heteroatoms. The van der Waals surface area contributed by atoms with Crippen LogP contribution in [0.25, 0.3) is 0 Å². The van der Waals surface area contributed by atoms with Crippen LogP contribution in [0.3, 0.4) is 0 Å². The molecule has 1 aromatic carbocycles. The molecule has 3 N–H and O–H groups in total. The van der Waals surface area contributed by atoms with Crippen LogP contribution in [0.15, 0.2) is 12.1 Å². The predicted molar refractivity (Wildman–Crippen MR) is 90.1 cm³/mol. The molecule has 0 saturated carbocycles. The molecule has 0 aromatic heterocycles. The maximum atomic E-state index is 10.2. The molecule has 102 valence electrons. The van der Waals surface area contributed by atoms with Gasteiger partial charge in [-0.15, -0.1) is 23.2 Å². The number of aliphatic hydroxyl groups is 2. The largest absolute Gasteiger partial charge is 0.507 e. The zero-order valence-electron chi connectivity index (χ0n) is 9.42. The van der Waals surface area contributed by atoms with Gasteiger partial charge in [0.15, 0.2) is 7.22 Å².